The standard InChI is InChI=1S/C13H17ClN2O3S2/c1-21(18,19)16-8-6-15(7-9-16)13(17)10-20-12-5-3-2-4-11(12)14/h2-5H,6-10H2,1H3. The molecule has 0 N–H and O–H groups in total. The summed E-state index contributed by atoms with van der Waals surface area (Å²) in [5.74, 6) is 0.316. The van der Waals surface area contributed by atoms with Gasteiger partial charge in [-0.05, 0) is 12.1 Å². The highest BCUT2D eigenvalue weighted by Gasteiger charge is 2.25. The van der Waals surface area contributed by atoms with E-state index in [1.807, 2.05) is 18.2 Å². The van der Waals surface area contributed by atoms with Crippen LogP contribution < -0.4 is 0 Å². The second-order valence-corrected chi connectivity index (χ2v) is 8.17. The van der Waals surface area contributed by atoms with Gasteiger partial charge in [0.05, 0.1) is 17.0 Å². The van der Waals surface area contributed by atoms with E-state index in [9.17, 15) is 13.2 Å². The number of sulfonamides is 1. The zero-order valence-corrected chi connectivity index (χ0v) is 14.0. The van der Waals surface area contributed by atoms with Crippen molar-refractivity contribution in [3.05, 3.63) is 29.3 Å². The van der Waals surface area contributed by atoms with Crippen LogP contribution in [0.3, 0.4) is 0 Å². The minimum absolute atomic E-state index is 0.00747. The minimum atomic E-state index is -3.16. The van der Waals surface area contributed by atoms with Crippen LogP contribution in [0, 0.1) is 0 Å². The molecule has 21 heavy (non-hydrogen) atoms. The quantitative estimate of drug-likeness (QED) is 0.774. The Hall–Kier alpha value is -0.760. The van der Waals surface area contributed by atoms with Crippen molar-refractivity contribution in [1.82, 2.24) is 9.21 Å². The molecule has 2 rings (SSSR count). The van der Waals surface area contributed by atoms with Crippen LogP contribution in [-0.2, 0) is 14.8 Å². The van der Waals surface area contributed by atoms with E-state index in [1.165, 1.54) is 22.3 Å². The Labute approximate surface area is 134 Å². The van der Waals surface area contributed by atoms with Crippen molar-refractivity contribution in [2.75, 3.05) is 38.2 Å². The molecule has 1 heterocycles. The molecule has 1 aromatic carbocycles. The Balaban J connectivity index is 1.84. The largest absolute Gasteiger partial charge is 0.339 e. The van der Waals surface area contributed by atoms with Gasteiger partial charge in [-0.2, -0.15) is 4.31 Å². The molecule has 0 bridgehead atoms. The molecule has 0 aliphatic carbocycles. The highest BCUT2D eigenvalue weighted by atomic mass is 35.5. The first-order valence-corrected chi connectivity index (χ1v) is 9.69. The van der Waals surface area contributed by atoms with E-state index in [0.717, 1.165) is 4.90 Å². The summed E-state index contributed by atoms with van der Waals surface area (Å²) in [6.07, 6.45) is 1.19. The Bertz CT molecular complexity index is 614. The summed E-state index contributed by atoms with van der Waals surface area (Å²) >= 11 is 7.44. The maximum Gasteiger partial charge on any atom is 0.233 e. The highest BCUT2D eigenvalue weighted by Crippen LogP contribution is 2.26. The number of hydrogen-bond donors (Lipinski definition) is 0. The summed E-state index contributed by atoms with van der Waals surface area (Å²) in [5.41, 5.74) is 0. The number of piperazine rings is 1. The van der Waals surface area contributed by atoms with Crippen LogP contribution in [0.5, 0.6) is 0 Å². The van der Waals surface area contributed by atoms with E-state index >= 15 is 0 Å². The lowest BCUT2D eigenvalue weighted by Gasteiger charge is -2.33. The number of hydrogen-bond acceptors (Lipinski definition) is 4. The molecule has 1 fully saturated rings. The molecule has 1 aliphatic heterocycles. The van der Waals surface area contributed by atoms with Crippen LogP contribution in [0.1, 0.15) is 0 Å². The zero-order chi connectivity index (χ0) is 15.5. The van der Waals surface area contributed by atoms with E-state index < -0.39 is 10.0 Å². The zero-order valence-electron chi connectivity index (χ0n) is 11.7. The molecular weight excluding hydrogens is 332 g/mol. The molecule has 8 heteroatoms. The van der Waals surface area contributed by atoms with Crippen LogP contribution >= 0.6 is 23.4 Å². The van der Waals surface area contributed by atoms with E-state index in [-0.39, 0.29) is 5.91 Å². The molecule has 5 nitrogen and oxygen atoms in total. The van der Waals surface area contributed by atoms with Crippen LogP contribution in [-0.4, -0.2) is 61.7 Å². The van der Waals surface area contributed by atoms with Gasteiger partial charge >= 0.3 is 0 Å². The SMILES string of the molecule is CS(=O)(=O)N1CCN(C(=O)CSc2ccccc2Cl)CC1. The second-order valence-electron chi connectivity index (χ2n) is 4.76. The summed E-state index contributed by atoms with van der Waals surface area (Å²) in [6, 6.07) is 7.39. The normalized spacial score (nSPS) is 17.0. The predicted octanol–water partition coefficient (Wildman–Crippen LogP) is 1.54. The Morgan fingerprint density at radius 3 is 2.43 bits per heavy atom. The fourth-order valence-electron chi connectivity index (χ4n) is 2.06. The number of halogens is 1. The average molecular weight is 349 g/mol. The van der Waals surface area contributed by atoms with Crippen molar-refractivity contribution in [3.63, 3.8) is 0 Å². The van der Waals surface area contributed by atoms with Gasteiger partial charge in [-0.25, -0.2) is 8.42 Å². The number of thioether (sulfide) groups is 1. The topological polar surface area (TPSA) is 57.7 Å². The van der Waals surface area contributed by atoms with Gasteiger partial charge in [0.2, 0.25) is 15.9 Å². The maximum atomic E-state index is 12.1. The number of nitrogens with zero attached hydrogens (tertiary/aromatic N) is 2. The first kappa shape index (κ1) is 16.6. The third-order valence-corrected chi connectivity index (χ3v) is 6.05. The van der Waals surface area contributed by atoms with Gasteiger partial charge in [0.15, 0.2) is 0 Å². The molecule has 1 saturated heterocycles. The van der Waals surface area contributed by atoms with E-state index in [0.29, 0.717) is 37.0 Å². The van der Waals surface area contributed by atoms with Gasteiger partial charge in [0.1, 0.15) is 0 Å². The molecule has 0 spiro atoms. The summed E-state index contributed by atoms with van der Waals surface area (Å²) in [6.45, 7) is 1.60. The van der Waals surface area contributed by atoms with Crippen LogP contribution in [0.2, 0.25) is 5.02 Å². The van der Waals surface area contributed by atoms with Crippen molar-refractivity contribution in [3.8, 4) is 0 Å². The lowest BCUT2D eigenvalue weighted by Crippen LogP contribution is -2.50. The number of benzene rings is 1. The van der Waals surface area contributed by atoms with Crippen molar-refractivity contribution in [2.45, 2.75) is 4.90 Å². The molecule has 116 valence electrons. The molecule has 0 aromatic heterocycles. The maximum absolute atomic E-state index is 12.1. The van der Waals surface area contributed by atoms with Crippen LogP contribution in [0.25, 0.3) is 0 Å². The lowest BCUT2D eigenvalue weighted by molar-refractivity contribution is -0.129. The number of rotatable bonds is 4. The first-order chi connectivity index (χ1) is 9.88. The monoisotopic (exact) mass is 348 g/mol. The third kappa shape index (κ3) is 4.60. The molecule has 0 saturated carbocycles. The van der Waals surface area contributed by atoms with Crippen molar-refractivity contribution < 1.29 is 13.2 Å². The number of carbonyl (C=O) groups excluding carboxylic acids is 1. The van der Waals surface area contributed by atoms with E-state index in [1.54, 1.807) is 11.0 Å². The minimum Gasteiger partial charge on any atom is -0.339 e. The van der Waals surface area contributed by atoms with Crippen LogP contribution in [0.4, 0.5) is 0 Å². The Kier molecular flexibility index (Phi) is 5.54. The fraction of sp³-hybridized carbons (Fsp3) is 0.462. The van der Waals surface area contributed by atoms with E-state index in [4.69, 9.17) is 11.6 Å². The number of amides is 1. The first-order valence-electron chi connectivity index (χ1n) is 6.48. The van der Waals surface area contributed by atoms with Gasteiger partial charge in [-0.15, -0.1) is 11.8 Å². The second kappa shape index (κ2) is 7.00. The van der Waals surface area contributed by atoms with Crippen molar-refractivity contribution in [1.29, 1.82) is 0 Å². The van der Waals surface area contributed by atoms with Crippen molar-refractivity contribution in [2.24, 2.45) is 0 Å². The van der Waals surface area contributed by atoms with Gasteiger partial charge in [0, 0.05) is 31.1 Å². The fourth-order valence-corrected chi connectivity index (χ4v) is 4.03. The van der Waals surface area contributed by atoms with Crippen LogP contribution in [0.15, 0.2) is 29.2 Å². The summed E-state index contributed by atoms with van der Waals surface area (Å²) < 4.78 is 24.2. The molecule has 1 aromatic rings. The summed E-state index contributed by atoms with van der Waals surface area (Å²) in [7, 11) is -3.16. The van der Waals surface area contributed by atoms with Gasteiger partial charge < -0.3 is 4.90 Å². The average Bonchev–Trinajstić information content (AvgIpc) is 2.45. The number of carbonyl (C=O) groups is 1. The lowest BCUT2D eigenvalue weighted by atomic mass is 10.3. The van der Waals surface area contributed by atoms with E-state index in [2.05, 4.69) is 0 Å². The molecular formula is C13H17ClN2O3S2. The molecule has 0 atom stereocenters. The molecule has 0 radical (unpaired) electrons. The third-order valence-electron chi connectivity index (χ3n) is 3.25. The molecule has 1 aliphatic rings. The van der Waals surface area contributed by atoms with Gasteiger partial charge in [-0.1, -0.05) is 23.7 Å². The molecule has 0 unspecified atom stereocenters. The van der Waals surface area contributed by atoms with Gasteiger partial charge in [0.25, 0.3) is 0 Å². The van der Waals surface area contributed by atoms with Gasteiger partial charge in [-0.3, -0.25) is 4.79 Å². The summed E-state index contributed by atoms with van der Waals surface area (Å²) in [5, 5.41) is 0.636. The Morgan fingerprint density at radius 1 is 1.24 bits per heavy atom. The highest BCUT2D eigenvalue weighted by molar-refractivity contribution is 8.00. The Morgan fingerprint density at radius 2 is 1.86 bits per heavy atom. The summed E-state index contributed by atoms with van der Waals surface area (Å²) in [4.78, 5) is 14.7. The smallest absolute Gasteiger partial charge is 0.233 e. The van der Waals surface area contributed by atoms with Crippen molar-refractivity contribution >= 4 is 39.3 Å². The predicted molar refractivity (Wildman–Crippen MR) is 85.2 cm³/mol. The molecule has 1 amide bonds.